The number of rotatable bonds is 5. The third-order valence-corrected chi connectivity index (χ3v) is 3.64. The van der Waals surface area contributed by atoms with Gasteiger partial charge in [-0.3, -0.25) is 0 Å². The minimum absolute atomic E-state index is 0.0472. The first kappa shape index (κ1) is 16.8. The second kappa shape index (κ2) is 7.27. The molecule has 3 aromatic rings. The van der Waals surface area contributed by atoms with Gasteiger partial charge < -0.3 is 9.84 Å². The number of halogens is 1. The minimum atomic E-state index is -0.420. The number of phenolic OH excluding ortho intramolecular Hbond substituents is 1. The molecule has 1 heterocycles. The largest absolute Gasteiger partial charge is 0.504 e. The predicted molar refractivity (Wildman–Crippen MR) is 95.1 cm³/mol. The Hall–Kier alpha value is -3.00. The zero-order valence-corrected chi connectivity index (χ0v) is 14.1. The van der Waals surface area contributed by atoms with Crippen LogP contribution in [0.1, 0.15) is 12.5 Å². The summed E-state index contributed by atoms with van der Waals surface area (Å²) in [5, 5.41) is 20.7. The first-order valence-electron chi connectivity index (χ1n) is 7.52. The van der Waals surface area contributed by atoms with E-state index in [0.717, 1.165) is 0 Å². The van der Waals surface area contributed by atoms with Crippen LogP contribution >= 0.6 is 12.2 Å². The molecule has 0 aliphatic rings. The van der Waals surface area contributed by atoms with Crippen molar-refractivity contribution in [3.8, 4) is 22.9 Å². The molecule has 2 N–H and O–H groups in total. The quantitative estimate of drug-likeness (QED) is 0.538. The summed E-state index contributed by atoms with van der Waals surface area (Å²) < 4.78 is 20.9. The van der Waals surface area contributed by atoms with Crippen LogP contribution in [0.5, 0.6) is 11.5 Å². The fraction of sp³-hybridized carbons (Fsp3) is 0.118. The fourth-order valence-corrected chi connectivity index (χ4v) is 2.40. The second-order valence-electron chi connectivity index (χ2n) is 5.05. The normalized spacial score (nSPS) is 11.1. The van der Waals surface area contributed by atoms with Crippen LogP contribution in [-0.4, -0.2) is 32.8 Å². The van der Waals surface area contributed by atoms with Gasteiger partial charge in [0.1, 0.15) is 5.82 Å². The van der Waals surface area contributed by atoms with Crippen molar-refractivity contribution in [2.24, 2.45) is 5.10 Å². The number of benzene rings is 2. The Morgan fingerprint density at radius 2 is 2.16 bits per heavy atom. The Labute approximate surface area is 148 Å². The second-order valence-corrected chi connectivity index (χ2v) is 5.44. The zero-order valence-electron chi connectivity index (χ0n) is 13.3. The Balaban J connectivity index is 1.98. The SMILES string of the molecule is CCOc1cc(/C=N/n2c(-c3ccccc3F)n[nH]c2=S)ccc1O. The van der Waals surface area contributed by atoms with Gasteiger partial charge in [0.15, 0.2) is 17.3 Å². The van der Waals surface area contributed by atoms with Gasteiger partial charge in [-0.25, -0.2) is 9.49 Å². The molecule has 2 aromatic carbocycles. The highest BCUT2D eigenvalue weighted by atomic mass is 32.1. The molecular weight excluding hydrogens is 343 g/mol. The van der Waals surface area contributed by atoms with E-state index >= 15 is 0 Å². The molecule has 8 heteroatoms. The van der Waals surface area contributed by atoms with E-state index in [2.05, 4.69) is 15.3 Å². The maximum atomic E-state index is 14.0. The lowest BCUT2D eigenvalue weighted by atomic mass is 10.2. The zero-order chi connectivity index (χ0) is 17.8. The van der Waals surface area contributed by atoms with E-state index in [-0.39, 0.29) is 21.9 Å². The number of aromatic amines is 1. The molecule has 0 aliphatic heterocycles. The van der Waals surface area contributed by atoms with Gasteiger partial charge in [-0.1, -0.05) is 12.1 Å². The first-order valence-corrected chi connectivity index (χ1v) is 7.93. The number of hydrogen-bond acceptors (Lipinski definition) is 5. The maximum Gasteiger partial charge on any atom is 0.216 e. The number of nitrogens with zero attached hydrogens (tertiary/aromatic N) is 3. The van der Waals surface area contributed by atoms with Crippen molar-refractivity contribution in [2.45, 2.75) is 6.92 Å². The van der Waals surface area contributed by atoms with Crippen LogP contribution in [0, 0.1) is 10.6 Å². The fourth-order valence-electron chi connectivity index (χ4n) is 2.22. The van der Waals surface area contributed by atoms with Crippen LogP contribution in [0.15, 0.2) is 47.6 Å². The van der Waals surface area contributed by atoms with Crippen LogP contribution < -0.4 is 4.74 Å². The maximum absolute atomic E-state index is 14.0. The van der Waals surface area contributed by atoms with Crippen molar-refractivity contribution in [1.82, 2.24) is 14.9 Å². The number of ether oxygens (including phenoxy) is 1. The van der Waals surface area contributed by atoms with Crippen molar-refractivity contribution >= 4 is 18.4 Å². The summed E-state index contributed by atoms with van der Waals surface area (Å²) >= 11 is 5.16. The molecule has 0 fully saturated rings. The molecule has 128 valence electrons. The van der Waals surface area contributed by atoms with Crippen molar-refractivity contribution < 1.29 is 14.2 Å². The summed E-state index contributed by atoms with van der Waals surface area (Å²) in [6, 6.07) is 11.1. The highest BCUT2D eigenvalue weighted by molar-refractivity contribution is 7.71. The molecule has 0 atom stereocenters. The molecule has 25 heavy (non-hydrogen) atoms. The van der Waals surface area contributed by atoms with E-state index in [9.17, 15) is 9.50 Å². The molecule has 0 saturated heterocycles. The van der Waals surface area contributed by atoms with Crippen LogP contribution in [0.3, 0.4) is 0 Å². The minimum Gasteiger partial charge on any atom is -0.504 e. The Bertz CT molecular complexity index is 981. The molecule has 6 nitrogen and oxygen atoms in total. The van der Waals surface area contributed by atoms with Gasteiger partial charge in [-0.2, -0.15) is 14.9 Å². The van der Waals surface area contributed by atoms with Gasteiger partial charge in [0, 0.05) is 0 Å². The van der Waals surface area contributed by atoms with Crippen molar-refractivity contribution in [3.63, 3.8) is 0 Å². The van der Waals surface area contributed by atoms with Gasteiger partial charge in [0.25, 0.3) is 0 Å². The summed E-state index contributed by atoms with van der Waals surface area (Å²) in [5.74, 6) is 0.252. The lowest BCUT2D eigenvalue weighted by Crippen LogP contribution is -1.97. The van der Waals surface area contributed by atoms with Crippen LogP contribution in [-0.2, 0) is 0 Å². The van der Waals surface area contributed by atoms with E-state index in [1.165, 1.54) is 23.0 Å². The molecule has 0 bridgehead atoms. The van der Waals surface area contributed by atoms with Crippen molar-refractivity contribution in [1.29, 1.82) is 0 Å². The van der Waals surface area contributed by atoms with Gasteiger partial charge >= 0.3 is 0 Å². The van der Waals surface area contributed by atoms with Gasteiger partial charge in [-0.15, -0.1) is 0 Å². The lowest BCUT2D eigenvalue weighted by Gasteiger charge is -2.06. The Kier molecular flexibility index (Phi) is 4.90. The van der Waals surface area contributed by atoms with E-state index < -0.39 is 5.82 Å². The van der Waals surface area contributed by atoms with Crippen LogP contribution in [0.2, 0.25) is 0 Å². The van der Waals surface area contributed by atoms with E-state index in [4.69, 9.17) is 17.0 Å². The topological polar surface area (TPSA) is 75.4 Å². The Morgan fingerprint density at radius 3 is 2.92 bits per heavy atom. The summed E-state index contributed by atoms with van der Waals surface area (Å²) in [6.07, 6.45) is 1.53. The third kappa shape index (κ3) is 3.58. The highest BCUT2D eigenvalue weighted by Gasteiger charge is 2.12. The summed E-state index contributed by atoms with van der Waals surface area (Å²) in [6.45, 7) is 2.25. The Morgan fingerprint density at radius 1 is 1.36 bits per heavy atom. The monoisotopic (exact) mass is 358 g/mol. The van der Waals surface area contributed by atoms with Crippen LogP contribution in [0.25, 0.3) is 11.4 Å². The molecule has 0 unspecified atom stereocenters. The first-order chi connectivity index (χ1) is 12.1. The molecule has 0 amide bonds. The summed E-state index contributed by atoms with van der Waals surface area (Å²) in [7, 11) is 0. The number of aromatic hydroxyl groups is 1. The third-order valence-electron chi connectivity index (χ3n) is 3.37. The lowest BCUT2D eigenvalue weighted by molar-refractivity contribution is 0.318. The molecule has 0 spiro atoms. The number of phenols is 1. The predicted octanol–water partition coefficient (Wildman–Crippen LogP) is 3.73. The number of aromatic nitrogens is 3. The number of nitrogens with one attached hydrogen (secondary N) is 1. The molecule has 1 aromatic heterocycles. The van der Waals surface area contributed by atoms with Crippen molar-refractivity contribution in [2.75, 3.05) is 6.61 Å². The van der Waals surface area contributed by atoms with Gasteiger partial charge in [0.05, 0.1) is 18.4 Å². The van der Waals surface area contributed by atoms with Crippen LogP contribution in [0.4, 0.5) is 4.39 Å². The molecular formula is C17H15FN4O2S. The highest BCUT2D eigenvalue weighted by Crippen LogP contribution is 2.26. The number of H-pyrrole nitrogens is 1. The number of hydrogen-bond donors (Lipinski definition) is 2. The summed E-state index contributed by atoms with van der Waals surface area (Å²) in [5.41, 5.74) is 0.969. The molecule has 0 saturated carbocycles. The van der Waals surface area contributed by atoms with Gasteiger partial charge in [0.2, 0.25) is 4.77 Å². The molecule has 0 radical (unpaired) electrons. The average Bonchev–Trinajstić information content (AvgIpc) is 2.97. The standard InChI is InChI=1S/C17H15FN4O2S/c1-2-24-15-9-11(7-8-14(15)23)10-19-22-16(20-21-17(22)25)12-5-3-4-6-13(12)18/h3-10,23H,2H2,1H3,(H,21,25)/b19-10+. The molecule has 0 aliphatic carbocycles. The average molecular weight is 358 g/mol. The van der Waals surface area contributed by atoms with E-state index in [0.29, 0.717) is 17.9 Å². The smallest absolute Gasteiger partial charge is 0.216 e. The van der Waals surface area contributed by atoms with E-state index in [1.807, 2.05) is 6.92 Å². The molecule has 3 rings (SSSR count). The van der Waals surface area contributed by atoms with Crippen molar-refractivity contribution in [3.05, 3.63) is 58.6 Å². The van der Waals surface area contributed by atoms with Gasteiger partial charge in [-0.05, 0) is 55.0 Å². The summed E-state index contributed by atoms with van der Waals surface area (Å²) in [4.78, 5) is 0. The van der Waals surface area contributed by atoms with E-state index in [1.54, 1.807) is 30.3 Å².